The predicted octanol–water partition coefficient (Wildman–Crippen LogP) is 2.19. The van der Waals surface area contributed by atoms with E-state index in [2.05, 4.69) is 12.2 Å². The lowest BCUT2D eigenvalue weighted by atomic mass is 10.3. The van der Waals surface area contributed by atoms with Gasteiger partial charge in [0.25, 0.3) is 0 Å². The van der Waals surface area contributed by atoms with E-state index in [0.717, 1.165) is 32.1 Å². The molecule has 0 aromatic carbocycles. The van der Waals surface area contributed by atoms with E-state index in [4.69, 9.17) is 4.74 Å². The van der Waals surface area contributed by atoms with Crippen LogP contribution in [-0.2, 0) is 4.74 Å². The van der Waals surface area contributed by atoms with Crippen molar-refractivity contribution in [1.82, 2.24) is 5.32 Å². The first-order valence-corrected chi connectivity index (χ1v) is 5.72. The molecule has 1 aliphatic carbocycles. The van der Waals surface area contributed by atoms with Gasteiger partial charge in [0.05, 0.1) is 0 Å². The van der Waals surface area contributed by atoms with Gasteiger partial charge in [-0.25, -0.2) is 0 Å². The van der Waals surface area contributed by atoms with Crippen molar-refractivity contribution in [1.29, 1.82) is 0 Å². The average molecular weight is 185 g/mol. The Balaban J connectivity index is 1.63. The van der Waals surface area contributed by atoms with Crippen molar-refractivity contribution in [2.75, 3.05) is 26.3 Å². The van der Waals surface area contributed by atoms with Crippen LogP contribution in [-0.4, -0.2) is 26.3 Å². The molecule has 0 spiro atoms. The summed E-state index contributed by atoms with van der Waals surface area (Å²) < 4.78 is 5.52. The highest BCUT2D eigenvalue weighted by Gasteiger charge is 2.20. The predicted molar refractivity (Wildman–Crippen MR) is 55.9 cm³/mol. The molecule has 1 aliphatic rings. The molecule has 0 aromatic rings. The summed E-state index contributed by atoms with van der Waals surface area (Å²) in [4.78, 5) is 0. The number of nitrogens with one attached hydrogen (secondary N) is 1. The largest absolute Gasteiger partial charge is 0.381 e. The van der Waals surface area contributed by atoms with Crippen molar-refractivity contribution in [3.63, 3.8) is 0 Å². The molecule has 0 atom stereocenters. The molecule has 0 amide bonds. The quantitative estimate of drug-likeness (QED) is 0.556. The van der Waals surface area contributed by atoms with Gasteiger partial charge in [-0.15, -0.1) is 0 Å². The maximum Gasteiger partial charge on any atom is 0.0494 e. The summed E-state index contributed by atoms with van der Waals surface area (Å²) in [5.41, 5.74) is 0. The summed E-state index contributed by atoms with van der Waals surface area (Å²) in [6.07, 6.45) is 6.54. The smallest absolute Gasteiger partial charge is 0.0494 e. The maximum absolute atomic E-state index is 5.52. The van der Waals surface area contributed by atoms with Crippen molar-refractivity contribution in [3.05, 3.63) is 0 Å². The van der Waals surface area contributed by atoms with Gasteiger partial charge in [-0.05, 0) is 44.7 Å². The topological polar surface area (TPSA) is 21.3 Å². The van der Waals surface area contributed by atoms with Gasteiger partial charge in [0.1, 0.15) is 0 Å². The third-order valence-electron chi connectivity index (χ3n) is 2.40. The van der Waals surface area contributed by atoms with E-state index in [1.54, 1.807) is 0 Å². The zero-order valence-corrected chi connectivity index (χ0v) is 8.85. The first kappa shape index (κ1) is 11.0. The minimum atomic E-state index is 0.910. The molecule has 0 aliphatic heterocycles. The Kier molecular flexibility index (Phi) is 6.21. The molecular weight excluding hydrogens is 162 g/mol. The van der Waals surface area contributed by atoms with Crippen LogP contribution in [0.15, 0.2) is 0 Å². The molecule has 0 radical (unpaired) electrons. The lowest BCUT2D eigenvalue weighted by Gasteiger charge is -2.04. The van der Waals surface area contributed by atoms with Crippen LogP contribution in [0.4, 0.5) is 0 Å². The van der Waals surface area contributed by atoms with Crippen molar-refractivity contribution >= 4 is 0 Å². The molecule has 2 nitrogen and oxygen atoms in total. The summed E-state index contributed by atoms with van der Waals surface area (Å²) in [6, 6.07) is 0. The normalized spacial score (nSPS) is 16.4. The third-order valence-corrected chi connectivity index (χ3v) is 2.40. The van der Waals surface area contributed by atoms with Crippen molar-refractivity contribution in [3.8, 4) is 0 Å². The van der Waals surface area contributed by atoms with Crippen molar-refractivity contribution < 1.29 is 4.74 Å². The Hall–Kier alpha value is -0.0800. The Morgan fingerprint density at radius 3 is 2.69 bits per heavy atom. The van der Waals surface area contributed by atoms with Gasteiger partial charge in [-0.3, -0.25) is 0 Å². The minimum Gasteiger partial charge on any atom is -0.381 e. The van der Waals surface area contributed by atoms with E-state index in [9.17, 15) is 0 Å². The van der Waals surface area contributed by atoms with Crippen LogP contribution in [0.5, 0.6) is 0 Å². The van der Waals surface area contributed by atoms with Gasteiger partial charge < -0.3 is 10.1 Å². The van der Waals surface area contributed by atoms with E-state index < -0.39 is 0 Å². The summed E-state index contributed by atoms with van der Waals surface area (Å²) in [5.74, 6) is 0.910. The zero-order chi connectivity index (χ0) is 9.36. The molecule has 2 heteroatoms. The van der Waals surface area contributed by atoms with Crippen LogP contribution in [0.25, 0.3) is 0 Å². The molecule has 0 heterocycles. The fourth-order valence-electron chi connectivity index (χ4n) is 1.26. The van der Waals surface area contributed by atoms with E-state index in [1.165, 1.54) is 32.2 Å². The van der Waals surface area contributed by atoms with Crippen LogP contribution >= 0.6 is 0 Å². The molecule has 0 saturated heterocycles. The first-order valence-electron chi connectivity index (χ1n) is 5.72. The highest BCUT2D eigenvalue weighted by Crippen LogP contribution is 2.28. The first-order chi connectivity index (χ1) is 6.43. The summed E-state index contributed by atoms with van der Waals surface area (Å²) in [6.45, 7) is 6.45. The number of rotatable bonds is 9. The molecule has 78 valence electrons. The van der Waals surface area contributed by atoms with Gasteiger partial charge in [-0.2, -0.15) is 0 Å². The summed E-state index contributed by atoms with van der Waals surface area (Å²) >= 11 is 0. The van der Waals surface area contributed by atoms with Crippen LogP contribution in [0.2, 0.25) is 0 Å². The van der Waals surface area contributed by atoms with E-state index in [-0.39, 0.29) is 0 Å². The zero-order valence-electron chi connectivity index (χ0n) is 8.85. The van der Waals surface area contributed by atoms with E-state index in [0.29, 0.717) is 0 Å². The highest BCUT2D eigenvalue weighted by atomic mass is 16.5. The Morgan fingerprint density at radius 1 is 1.23 bits per heavy atom. The van der Waals surface area contributed by atoms with Gasteiger partial charge >= 0.3 is 0 Å². The second kappa shape index (κ2) is 7.34. The second-order valence-corrected chi connectivity index (χ2v) is 3.98. The Morgan fingerprint density at radius 2 is 2.00 bits per heavy atom. The Labute approximate surface area is 82.0 Å². The summed E-state index contributed by atoms with van der Waals surface area (Å²) in [5, 5.41) is 3.41. The molecule has 0 bridgehead atoms. The molecule has 1 rings (SSSR count). The fraction of sp³-hybridized carbons (Fsp3) is 1.00. The third kappa shape index (κ3) is 7.03. The number of unbranched alkanes of at least 4 members (excludes halogenated alkanes) is 1. The standard InChI is InChI=1S/C11H23NO/c1-2-3-7-12-8-4-9-13-10-11-5-6-11/h11-12H,2-10H2,1H3. The highest BCUT2D eigenvalue weighted by molar-refractivity contribution is 4.71. The second-order valence-electron chi connectivity index (χ2n) is 3.98. The van der Waals surface area contributed by atoms with E-state index in [1.807, 2.05) is 0 Å². The van der Waals surface area contributed by atoms with Gasteiger partial charge in [0.2, 0.25) is 0 Å². The number of ether oxygens (including phenoxy) is 1. The van der Waals surface area contributed by atoms with Crippen molar-refractivity contribution in [2.24, 2.45) is 5.92 Å². The molecule has 0 aromatic heterocycles. The lowest BCUT2D eigenvalue weighted by Crippen LogP contribution is -2.18. The molecule has 1 saturated carbocycles. The number of hydrogen-bond acceptors (Lipinski definition) is 2. The SMILES string of the molecule is CCCCNCCCOCC1CC1. The molecular formula is C11H23NO. The Bertz CT molecular complexity index is 113. The average Bonchev–Trinajstić information content (AvgIpc) is 2.93. The van der Waals surface area contributed by atoms with Gasteiger partial charge in [-0.1, -0.05) is 13.3 Å². The van der Waals surface area contributed by atoms with E-state index >= 15 is 0 Å². The van der Waals surface area contributed by atoms with Gasteiger partial charge in [0, 0.05) is 13.2 Å². The molecule has 13 heavy (non-hydrogen) atoms. The van der Waals surface area contributed by atoms with Crippen LogP contribution in [0.1, 0.15) is 39.0 Å². The van der Waals surface area contributed by atoms with Crippen molar-refractivity contribution in [2.45, 2.75) is 39.0 Å². The molecule has 1 N–H and O–H groups in total. The monoisotopic (exact) mass is 185 g/mol. The number of hydrogen-bond donors (Lipinski definition) is 1. The maximum atomic E-state index is 5.52. The lowest BCUT2D eigenvalue weighted by molar-refractivity contribution is 0.122. The minimum absolute atomic E-state index is 0.910. The fourth-order valence-corrected chi connectivity index (χ4v) is 1.26. The van der Waals surface area contributed by atoms with Gasteiger partial charge in [0.15, 0.2) is 0 Å². The summed E-state index contributed by atoms with van der Waals surface area (Å²) in [7, 11) is 0. The van der Waals surface area contributed by atoms with Crippen LogP contribution in [0, 0.1) is 5.92 Å². The molecule has 1 fully saturated rings. The van der Waals surface area contributed by atoms with Crippen LogP contribution in [0.3, 0.4) is 0 Å². The van der Waals surface area contributed by atoms with Crippen LogP contribution < -0.4 is 5.32 Å². The molecule has 0 unspecified atom stereocenters.